The van der Waals surface area contributed by atoms with Crippen LogP contribution in [0.3, 0.4) is 0 Å². The summed E-state index contributed by atoms with van der Waals surface area (Å²) in [5, 5.41) is 1.15. The monoisotopic (exact) mass is 289 g/mol. The van der Waals surface area contributed by atoms with Crippen molar-refractivity contribution in [1.29, 1.82) is 0 Å². The van der Waals surface area contributed by atoms with Crippen molar-refractivity contribution in [1.82, 2.24) is 4.90 Å². The summed E-state index contributed by atoms with van der Waals surface area (Å²) in [4.78, 5) is 2.67. The first-order valence-electron chi connectivity index (χ1n) is 6.83. The van der Waals surface area contributed by atoms with Gasteiger partial charge in [0.2, 0.25) is 0 Å². The molecule has 1 aliphatic heterocycles. The Kier molecular flexibility index (Phi) is 6.35. The topological polar surface area (TPSA) is 3.24 Å². The first-order valence-corrected chi connectivity index (χ1v) is 7.95. The van der Waals surface area contributed by atoms with Gasteiger partial charge in [-0.3, -0.25) is 0 Å². The average molecular weight is 290 g/mol. The van der Waals surface area contributed by atoms with E-state index in [0.717, 1.165) is 29.0 Å². The highest BCUT2D eigenvalue weighted by atomic mass is 79.9. The zero-order chi connectivity index (χ0) is 12.1. The van der Waals surface area contributed by atoms with Gasteiger partial charge in [0, 0.05) is 11.9 Å². The SMILES string of the molecule is CC(C)C1CCN(CC(CBr)C(C)C)CC1. The van der Waals surface area contributed by atoms with Crippen LogP contribution >= 0.6 is 15.9 Å². The van der Waals surface area contributed by atoms with E-state index in [1.807, 2.05) is 0 Å². The molecule has 1 rings (SSSR count). The number of hydrogen-bond donors (Lipinski definition) is 0. The van der Waals surface area contributed by atoms with Crippen LogP contribution in [-0.2, 0) is 0 Å². The third-order valence-corrected chi connectivity index (χ3v) is 5.04. The lowest BCUT2D eigenvalue weighted by atomic mass is 9.86. The molecule has 0 aromatic rings. The van der Waals surface area contributed by atoms with Gasteiger partial charge in [0.15, 0.2) is 0 Å². The van der Waals surface area contributed by atoms with Gasteiger partial charge in [-0.15, -0.1) is 0 Å². The molecular formula is C14H28BrN. The van der Waals surface area contributed by atoms with Crippen molar-refractivity contribution < 1.29 is 0 Å². The summed E-state index contributed by atoms with van der Waals surface area (Å²) < 4.78 is 0. The number of nitrogens with zero attached hydrogens (tertiary/aromatic N) is 1. The molecule has 0 bridgehead atoms. The molecule has 1 unspecified atom stereocenters. The second-order valence-electron chi connectivity index (χ2n) is 6.04. The predicted octanol–water partition coefficient (Wildman–Crippen LogP) is 4.02. The van der Waals surface area contributed by atoms with Crippen LogP contribution in [0.2, 0.25) is 0 Å². The number of halogens is 1. The van der Waals surface area contributed by atoms with Crippen LogP contribution in [0.4, 0.5) is 0 Å². The Labute approximate surface area is 110 Å². The van der Waals surface area contributed by atoms with E-state index >= 15 is 0 Å². The molecule has 0 spiro atoms. The summed E-state index contributed by atoms with van der Waals surface area (Å²) in [6.07, 6.45) is 2.82. The normalized spacial score (nSPS) is 21.9. The summed E-state index contributed by atoms with van der Waals surface area (Å²) in [6, 6.07) is 0. The molecule has 1 heterocycles. The van der Waals surface area contributed by atoms with Gasteiger partial charge in [-0.05, 0) is 49.6 Å². The maximum atomic E-state index is 3.65. The lowest BCUT2D eigenvalue weighted by Crippen LogP contribution is -2.39. The summed E-state index contributed by atoms with van der Waals surface area (Å²) in [6.45, 7) is 13.3. The van der Waals surface area contributed by atoms with Crippen LogP contribution < -0.4 is 0 Å². The van der Waals surface area contributed by atoms with Crippen molar-refractivity contribution in [2.24, 2.45) is 23.7 Å². The standard InChI is InChI=1S/C14H28BrN/c1-11(2)13-5-7-16(8-6-13)10-14(9-15)12(3)4/h11-14H,5-10H2,1-4H3. The third kappa shape index (κ3) is 4.37. The van der Waals surface area contributed by atoms with Crippen LogP contribution in [0.5, 0.6) is 0 Å². The first-order chi connectivity index (χ1) is 7.54. The summed E-state index contributed by atoms with van der Waals surface area (Å²) in [7, 11) is 0. The first kappa shape index (κ1) is 14.5. The molecule has 0 amide bonds. The largest absolute Gasteiger partial charge is 0.303 e. The van der Waals surface area contributed by atoms with Crippen LogP contribution in [0.15, 0.2) is 0 Å². The Morgan fingerprint density at radius 1 is 1.12 bits per heavy atom. The number of likely N-dealkylation sites (tertiary alicyclic amines) is 1. The van der Waals surface area contributed by atoms with Gasteiger partial charge in [0.05, 0.1) is 0 Å². The molecule has 1 atom stereocenters. The van der Waals surface area contributed by atoms with E-state index in [4.69, 9.17) is 0 Å². The van der Waals surface area contributed by atoms with Gasteiger partial charge in [0.1, 0.15) is 0 Å². The van der Waals surface area contributed by atoms with Crippen LogP contribution in [0.25, 0.3) is 0 Å². The fourth-order valence-electron chi connectivity index (χ4n) is 2.57. The molecule has 1 saturated heterocycles. The highest BCUT2D eigenvalue weighted by Crippen LogP contribution is 2.26. The molecule has 0 radical (unpaired) electrons. The summed E-state index contributed by atoms with van der Waals surface area (Å²) in [5.41, 5.74) is 0. The Morgan fingerprint density at radius 2 is 1.69 bits per heavy atom. The maximum Gasteiger partial charge on any atom is 0.00743 e. The van der Waals surface area contributed by atoms with Crippen LogP contribution in [-0.4, -0.2) is 29.9 Å². The molecule has 1 nitrogen and oxygen atoms in total. The number of rotatable bonds is 5. The second kappa shape index (κ2) is 7.00. The molecule has 0 aliphatic carbocycles. The van der Waals surface area contributed by atoms with Crippen molar-refractivity contribution in [3.63, 3.8) is 0 Å². The van der Waals surface area contributed by atoms with Crippen molar-refractivity contribution >= 4 is 15.9 Å². The Balaban J connectivity index is 2.31. The van der Waals surface area contributed by atoms with Crippen LogP contribution in [0, 0.1) is 23.7 Å². The summed E-state index contributed by atoms with van der Waals surface area (Å²) >= 11 is 3.65. The van der Waals surface area contributed by atoms with E-state index in [9.17, 15) is 0 Å². The molecule has 0 aromatic carbocycles. The van der Waals surface area contributed by atoms with Gasteiger partial charge in [-0.2, -0.15) is 0 Å². The molecule has 0 aromatic heterocycles. The predicted molar refractivity (Wildman–Crippen MR) is 76.1 cm³/mol. The number of alkyl halides is 1. The van der Waals surface area contributed by atoms with Crippen molar-refractivity contribution in [2.75, 3.05) is 25.0 Å². The minimum Gasteiger partial charge on any atom is -0.303 e. The van der Waals surface area contributed by atoms with Crippen LogP contribution in [0.1, 0.15) is 40.5 Å². The van der Waals surface area contributed by atoms with E-state index in [1.165, 1.54) is 32.5 Å². The van der Waals surface area contributed by atoms with Crippen molar-refractivity contribution in [3.8, 4) is 0 Å². The van der Waals surface area contributed by atoms with E-state index in [2.05, 4.69) is 48.5 Å². The van der Waals surface area contributed by atoms with Gasteiger partial charge >= 0.3 is 0 Å². The number of piperidine rings is 1. The van der Waals surface area contributed by atoms with Gasteiger partial charge in [0.25, 0.3) is 0 Å². The minimum atomic E-state index is 0.794. The Bertz CT molecular complexity index is 183. The fourth-order valence-corrected chi connectivity index (χ4v) is 3.52. The molecule has 0 saturated carbocycles. The van der Waals surface area contributed by atoms with E-state index in [0.29, 0.717) is 0 Å². The fraction of sp³-hybridized carbons (Fsp3) is 1.00. The van der Waals surface area contributed by atoms with Gasteiger partial charge in [-0.1, -0.05) is 43.6 Å². The lowest BCUT2D eigenvalue weighted by Gasteiger charge is -2.36. The van der Waals surface area contributed by atoms with E-state index < -0.39 is 0 Å². The Hall–Kier alpha value is 0.440. The Morgan fingerprint density at radius 3 is 2.06 bits per heavy atom. The molecule has 1 aliphatic rings. The zero-order valence-corrected chi connectivity index (χ0v) is 13.0. The van der Waals surface area contributed by atoms with E-state index in [-0.39, 0.29) is 0 Å². The molecule has 0 N–H and O–H groups in total. The van der Waals surface area contributed by atoms with Gasteiger partial charge in [-0.25, -0.2) is 0 Å². The second-order valence-corrected chi connectivity index (χ2v) is 6.69. The maximum absolute atomic E-state index is 3.65. The molecule has 96 valence electrons. The highest BCUT2D eigenvalue weighted by molar-refractivity contribution is 9.09. The minimum absolute atomic E-state index is 0.794. The molecule has 16 heavy (non-hydrogen) atoms. The third-order valence-electron chi connectivity index (χ3n) is 4.21. The van der Waals surface area contributed by atoms with E-state index in [1.54, 1.807) is 0 Å². The molecular weight excluding hydrogens is 262 g/mol. The highest BCUT2D eigenvalue weighted by Gasteiger charge is 2.23. The smallest absolute Gasteiger partial charge is 0.00743 e. The van der Waals surface area contributed by atoms with Gasteiger partial charge < -0.3 is 4.90 Å². The molecule has 2 heteroatoms. The number of hydrogen-bond acceptors (Lipinski definition) is 1. The molecule has 1 fully saturated rings. The average Bonchev–Trinajstić information content (AvgIpc) is 2.26. The van der Waals surface area contributed by atoms with Crippen molar-refractivity contribution in [2.45, 2.75) is 40.5 Å². The zero-order valence-electron chi connectivity index (χ0n) is 11.4. The van der Waals surface area contributed by atoms with Crippen molar-refractivity contribution in [3.05, 3.63) is 0 Å². The summed E-state index contributed by atoms with van der Waals surface area (Å²) in [5.74, 6) is 3.45. The lowest BCUT2D eigenvalue weighted by molar-refractivity contribution is 0.133. The quantitative estimate of drug-likeness (QED) is 0.691.